The Labute approximate surface area is 478 Å². The minimum atomic E-state index is 0.651. The Bertz CT molecular complexity index is 4880. The molecule has 0 bridgehead atoms. The normalized spacial score (nSPS) is 11.7. The first-order valence-corrected chi connectivity index (χ1v) is 28.1. The van der Waals surface area contributed by atoms with Crippen LogP contribution in [0.15, 0.2) is 267 Å². The summed E-state index contributed by atoms with van der Waals surface area (Å²) in [5, 5.41) is 7.04. The lowest BCUT2D eigenvalue weighted by Crippen LogP contribution is -2.04. The molecule has 16 aromatic rings. The van der Waals surface area contributed by atoms with Gasteiger partial charge in [0.25, 0.3) is 0 Å². The van der Waals surface area contributed by atoms with Crippen LogP contribution < -0.4 is 0 Å². The third-order valence-electron chi connectivity index (χ3n) is 16.2. The molecule has 0 aliphatic rings. The van der Waals surface area contributed by atoms with Crippen molar-refractivity contribution in [1.29, 1.82) is 0 Å². The summed E-state index contributed by atoms with van der Waals surface area (Å²) in [7, 11) is 0. The van der Waals surface area contributed by atoms with E-state index < -0.39 is 0 Å². The molecule has 0 atom stereocenters. The summed E-state index contributed by atoms with van der Waals surface area (Å²) >= 11 is 0. The number of nitrogens with zero attached hydrogens (tertiary/aromatic N) is 8. The van der Waals surface area contributed by atoms with Gasteiger partial charge in [0.05, 0.1) is 50.2 Å². The second-order valence-electron chi connectivity index (χ2n) is 21.3. The first kappa shape index (κ1) is 47.9. The predicted molar refractivity (Wildman–Crippen MR) is 341 cm³/mol. The molecule has 16 rings (SSSR count). The van der Waals surface area contributed by atoms with Gasteiger partial charge >= 0.3 is 0 Å². The molecule has 5 heterocycles. The maximum atomic E-state index is 5.52. The van der Waals surface area contributed by atoms with Gasteiger partial charge in [-0.3, -0.25) is 0 Å². The number of aryl methyl sites for hydroxylation is 2. The summed E-state index contributed by atoms with van der Waals surface area (Å²) in [5.41, 5.74) is 19.4. The Morgan fingerprint density at radius 3 is 1.12 bits per heavy atom. The average Bonchev–Trinajstić information content (AvgIpc) is 3.95. The Morgan fingerprint density at radius 2 is 0.627 bits per heavy atom. The Balaban J connectivity index is 1.04. The molecule has 5 aromatic heterocycles. The van der Waals surface area contributed by atoms with Crippen molar-refractivity contribution in [3.63, 3.8) is 0 Å². The molecule has 8 heteroatoms. The highest BCUT2D eigenvalue weighted by Gasteiger charge is 2.25. The summed E-state index contributed by atoms with van der Waals surface area (Å²) in [5.74, 6) is 2.67. The molecule has 0 unspecified atom stereocenters. The zero-order valence-corrected chi connectivity index (χ0v) is 45.5. The molecule has 0 N–H and O–H groups in total. The summed E-state index contributed by atoms with van der Waals surface area (Å²) in [6.45, 7) is 3.85. The van der Waals surface area contributed by atoms with Gasteiger partial charge < -0.3 is 13.7 Å². The van der Waals surface area contributed by atoms with Gasteiger partial charge in [0.15, 0.2) is 11.6 Å². The van der Waals surface area contributed by atoms with Crippen molar-refractivity contribution in [3.05, 3.63) is 279 Å². The quantitative estimate of drug-likeness (QED) is 0.144. The average molecular weight is 1060 g/mol. The van der Waals surface area contributed by atoms with Gasteiger partial charge in [-0.05, 0) is 116 Å². The molecule has 0 aliphatic carbocycles. The molecule has 8 nitrogen and oxygen atoms in total. The van der Waals surface area contributed by atoms with Gasteiger partial charge in [-0.25, -0.2) is 24.9 Å². The highest BCUT2D eigenvalue weighted by atomic mass is 15.0. The van der Waals surface area contributed by atoms with E-state index in [9.17, 15) is 0 Å². The molecule has 11 aromatic carbocycles. The lowest BCUT2D eigenvalue weighted by molar-refractivity contribution is 0.929. The smallest absolute Gasteiger partial charge is 0.163 e. The monoisotopic (exact) mass is 1060 g/mol. The van der Waals surface area contributed by atoms with Crippen LogP contribution in [0.5, 0.6) is 0 Å². The summed E-state index contributed by atoms with van der Waals surface area (Å²) in [4.78, 5) is 25.0. The van der Waals surface area contributed by atoms with Crippen molar-refractivity contribution in [2.24, 2.45) is 0 Å². The lowest BCUT2D eigenvalue weighted by atomic mass is 9.91. The van der Waals surface area contributed by atoms with Crippen LogP contribution in [0.25, 0.3) is 150 Å². The van der Waals surface area contributed by atoms with Crippen molar-refractivity contribution < 1.29 is 0 Å². The number of aromatic nitrogens is 8. The van der Waals surface area contributed by atoms with Gasteiger partial charge in [0, 0.05) is 77.1 Å². The fraction of sp³-hybridized carbons (Fsp3) is 0.0267. The molecule has 0 radical (unpaired) electrons. The molecule has 0 fully saturated rings. The van der Waals surface area contributed by atoms with Crippen LogP contribution in [0, 0.1) is 13.8 Å². The molecule has 390 valence electrons. The van der Waals surface area contributed by atoms with E-state index in [4.69, 9.17) is 19.9 Å². The van der Waals surface area contributed by atoms with Gasteiger partial charge in [-0.1, -0.05) is 176 Å². The van der Waals surface area contributed by atoms with Gasteiger partial charge in [0.1, 0.15) is 11.6 Å². The number of hydrogen-bond acceptors (Lipinski definition) is 5. The van der Waals surface area contributed by atoms with Crippen LogP contribution in [0.4, 0.5) is 0 Å². The van der Waals surface area contributed by atoms with Crippen LogP contribution in [-0.4, -0.2) is 38.6 Å². The Kier molecular flexibility index (Phi) is 11.1. The van der Waals surface area contributed by atoms with Gasteiger partial charge in [-0.15, -0.1) is 0 Å². The largest absolute Gasteiger partial charge is 0.309 e. The zero-order chi connectivity index (χ0) is 55.1. The van der Waals surface area contributed by atoms with Crippen LogP contribution >= 0.6 is 0 Å². The van der Waals surface area contributed by atoms with E-state index in [0.29, 0.717) is 23.3 Å². The molecule has 0 spiro atoms. The van der Waals surface area contributed by atoms with Gasteiger partial charge in [-0.2, -0.15) is 0 Å². The van der Waals surface area contributed by atoms with Crippen molar-refractivity contribution in [2.45, 2.75) is 13.8 Å². The number of para-hydroxylation sites is 5. The fourth-order valence-electron chi connectivity index (χ4n) is 12.7. The van der Waals surface area contributed by atoms with Crippen LogP contribution in [0.3, 0.4) is 0 Å². The fourth-order valence-corrected chi connectivity index (χ4v) is 12.7. The minimum absolute atomic E-state index is 0.651. The molecular weight excluding hydrogens is 1010 g/mol. The second kappa shape index (κ2) is 19.3. The number of fused-ring (bicyclic) bond motifs is 9. The van der Waals surface area contributed by atoms with E-state index in [0.717, 1.165) is 117 Å². The Hall–Kier alpha value is -11.1. The SMILES string of the molecule is Cc1nc(C)nc(-c2ccc3c(c2)c2ccccc2n3-c2c(-c3cccc(-n4c5ccccc5c5ccccc54)c3)cc(-c3cc(-c4ccccc4)nc(-c4ccccc4)n3)cc2-c2cccc(-n3c4ccccc4c4ccccc43)c2)n1. The molecule has 0 saturated heterocycles. The van der Waals surface area contributed by atoms with Crippen molar-refractivity contribution in [3.8, 4) is 84.6 Å². The third kappa shape index (κ3) is 8.02. The van der Waals surface area contributed by atoms with Gasteiger partial charge in [0.2, 0.25) is 0 Å². The summed E-state index contributed by atoms with van der Waals surface area (Å²) < 4.78 is 7.30. The van der Waals surface area contributed by atoms with E-state index in [-0.39, 0.29) is 0 Å². The second-order valence-corrected chi connectivity index (χ2v) is 21.3. The number of rotatable bonds is 9. The van der Waals surface area contributed by atoms with E-state index >= 15 is 0 Å². The van der Waals surface area contributed by atoms with E-state index in [1.807, 2.05) is 38.1 Å². The molecule has 0 amide bonds. The van der Waals surface area contributed by atoms with E-state index in [1.165, 1.54) is 21.5 Å². The van der Waals surface area contributed by atoms with Crippen LogP contribution in [-0.2, 0) is 0 Å². The van der Waals surface area contributed by atoms with Crippen molar-refractivity contribution in [1.82, 2.24) is 38.6 Å². The summed E-state index contributed by atoms with van der Waals surface area (Å²) in [6, 6.07) is 96.0. The Morgan fingerprint density at radius 1 is 0.241 bits per heavy atom. The topological polar surface area (TPSA) is 79.2 Å². The molecule has 0 aliphatic heterocycles. The predicted octanol–water partition coefficient (Wildman–Crippen LogP) is 18.6. The standard InChI is InChI=1S/C75H50N8/c1-47-76-48(2)78-75(77-47)53-39-40-72-64(43-53)61-33-13-18-38-71(61)83(72)73-62(51-25-19-27-55(41-51)81-67-34-14-9-29-57(67)58-30-10-15-35-68(58)81)44-54(66-46-65(49-21-5-3-6-22-49)79-74(80-66)50-23-7-4-8-24-50)45-63(73)52-26-20-28-56(42-52)82-69-36-16-11-31-59(69)60-32-12-17-37-70(60)82/h3-46H,1-2H3. The zero-order valence-electron chi connectivity index (χ0n) is 45.5. The maximum absolute atomic E-state index is 5.52. The summed E-state index contributed by atoms with van der Waals surface area (Å²) in [6.07, 6.45) is 0. The first-order chi connectivity index (χ1) is 41.0. The lowest BCUT2D eigenvalue weighted by Gasteiger charge is -2.22. The first-order valence-electron chi connectivity index (χ1n) is 28.1. The van der Waals surface area contributed by atoms with Crippen LogP contribution in [0.2, 0.25) is 0 Å². The van der Waals surface area contributed by atoms with E-state index in [2.05, 4.69) is 261 Å². The molecule has 83 heavy (non-hydrogen) atoms. The molecular formula is C75H50N8. The highest BCUT2D eigenvalue weighted by Crippen LogP contribution is 2.46. The van der Waals surface area contributed by atoms with E-state index in [1.54, 1.807) is 0 Å². The van der Waals surface area contributed by atoms with Crippen molar-refractivity contribution in [2.75, 3.05) is 0 Å². The number of hydrogen-bond donors (Lipinski definition) is 0. The minimum Gasteiger partial charge on any atom is -0.309 e. The molecule has 0 saturated carbocycles. The van der Waals surface area contributed by atoms with Crippen LogP contribution in [0.1, 0.15) is 11.6 Å². The number of benzene rings is 11. The van der Waals surface area contributed by atoms with Crippen molar-refractivity contribution >= 4 is 65.4 Å². The third-order valence-corrected chi connectivity index (χ3v) is 16.2. The maximum Gasteiger partial charge on any atom is 0.163 e. The highest BCUT2D eigenvalue weighted by molar-refractivity contribution is 6.13.